The maximum atomic E-state index is 4.40. The van der Waals surface area contributed by atoms with E-state index in [4.69, 9.17) is 0 Å². The lowest BCUT2D eigenvalue weighted by molar-refractivity contribution is 0.641. The van der Waals surface area contributed by atoms with Crippen molar-refractivity contribution in [3.8, 4) is 22.4 Å². The van der Waals surface area contributed by atoms with Crippen molar-refractivity contribution in [1.29, 1.82) is 0 Å². The number of hydrogen-bond acceptors (Lipinski definition) is 2. The number of nitrogens with one attached hydrogen (secondary N) is 1. The van der Waals surface area contributed by atoms with E-state index in [1.54, 1.807) is 0 Å². The average Bonchev–Trinajstić information content (AvgIpc) is 2.67. The zero-order valence-corrected chi connectivity index (χ0v) is 14.2. The molecule has 3 aromatic rings. The molecule has 0 saturated heterocycles. The second-order valence-corrected chi connectivity index (χ2v) is 6.02. The fourth-order valence-electron chi connectivity index (χ4n) is 2.72. The largest absolute Gasteiger partial charge is 0.313 e. The van der Waals surface area contributed by atoms with E-state index in [2.05, 4.69) is 65.8 Å². The molecule has 0 aliphatic heterocycles. The van der Waals surface area contributed by atoms with Gasteiger partial charge in [0.25, 0.3) is 0 Å². The van der Waals surface area contributed by atoms with Crippen molar-refractivity contribution in [3.63, 3.8) is 0 Å². The lowest BCUT2D eigenvalue weighted by atomic mass is 10.0. The summed E-state index contributed by atoms with van der Waals surface area (Å²) >= 11 is 0. The van der Waals surface area contributed by atoms with Crippen molar-refractivity contribution in [2.24, 2.45) is 0 Å². The number of aromatic nitrogens is 1. The SMILES string of the molecule is CCCCNCc1ccc(-c2ccc(-c3ccccn3)cc2)cc1. The van der Waals surface area contributed by atoms with Crippen molar-refractivity contribution in [2.45, 2.75) is 26.3 Å². The molecule has 0 aliphatic carbocycles. The van der Waals surface area contributed by atoms with Crippen LogP contribution in [0.5, 0.6) is 0 Å². The van der Waals surface area contributed by atoms with Crippen LogP contribution in [0.25, 0.3) is 22.4 Å². The fourth-order valence-corrected chi connectivity index (χ4v) is 2.72. The Kier molecular flexibility index (Phi) is 5.75. The van der Waals surface area contributed by atoms with Crippen LogP contribution in [0.3, 0.4) is 0 Å². The maximum absolute atomic E-state index is 4.40. The first-order valence-corrected chi connectivity index (χ1v) is 8.68. The molecule has 1 heterocycles. The van der Waals surface area contributed by atoms with Gasteiger partial charge in [0.1, 0.15) is 0 Å². The van der Waals surface area contributed by atoms with Crippen LogP contribution in [0.1, 0.15) is 25.3 Å². The Morgan fingerprint density at radius 2 is 1.46 bits per heavy atom. The van der Waals surface area contributed by atoms with Crippen LogP contribution in [-0.4, -0.2) is 11.5 Å². The van der Waals surface area contributed by atoms with Crippen LogP contribution < -0.4 is 5.32 Å². The number of benzene rings is 2. The van der Waals surface area contributed by atoms with Gasteiger partial charge in [-0.3, -0.25) is 4.98 Å². The summed E-state index contributed by atoms with van der Waals surface area (Å²) in [6.45, 7) is 4.25. The summed E-state index contributed by atoms with van der Waals surface area (Å²) in [4.78, 5) is 4.40. The van der Waals surface area contributed by atoms with Crippen molar-refractivity contribution >= 4 is 0 Å². The smallest absolute Gasteiger partial charge is 0.0701 e. The van der Waals surface area contributed by atoms with E-state index in [1.807, 2.05) is 24.4 Å². The summed E-state index contributed by atoms with van der Waals surface area (Å²) in [5, 5.41) is 3.48. The Morgan fingerprint density at radius 3 is 2.08 bits per heavy atom. The van der Waals surface area contributed by atoms with E-state index in [0.29, 0.717) is 0 Å². The lowest BCUT2D eigenvalue weighted by Gasteiger charge is -2.07. The Hall–Kier alpha value is -2.45. The standard InChI is InChI=1S/C22H24N2/c1-2-3-15-23-17-18-7-9-19(10-8-18)20-11-13-21(14-12-20)22-6-4-5-16-24-22/h4-14,16,23H,2-3,15,17H2,1H3. The highest BCUT2D eigenvalue weighted by Crippen LogP contribution is 2.24. The molecule has 0 fully saturated rings. The van der Waals surface area contributed by atoms with Crippen molar-refractivity contribution in [2.75, 3.05) is 6.54 Å². The Bertz CT molecular complexity index is 731. The number of nitrogens with zero attached hydrogens (tertiary/aromatic N) is 1. The van der Waals surface area contributed by atoms with E-state index >= 15 is 0 Å². The predicted molar refractivity (Wildman–Crippen MR) is 102 cm³/mol. The molecule has 24 heavy (non-hydrogen) atoms. The zero-order valence-electron chi connectivity index (χ0n) is 14.2. The number of rotatable bonds is 7. The summed E-state index contributed by atoms with van der Waals surface area (Å²) < 4.78 is 0. The topological polar surface area (TPSA) is 24.9 Å². The second-order valence-electron chi connectivity index (χ2n) is 6.02. The van der Waals surface area contributed by atoms with Gasteiger partial charge in [0.15, 0.2) is 0 Å². The average molecular weight is 316 g/mol. The van der Waals surface area contributed by atoms with Gasteiger partial charge >= 0.3 is 0 Å². The molecule has 1 N–H and O–H groups in total. The van der Waals surface area contributed by atoms with E-state index in [1.165, 1.54) is 29.5 Å². The highest BCUT2D eigenvalue weighted by atomic mass is 14.8. The molecular formula is C22H24N2. The van der Waals surface area contributed by atoms with Crippen LogP contribution in [0.4, 0.5) is 0 Å². The molecule has 0 bridgehead atoms. The van der Waals surface area contributed by atoms with Gasteiger partial charge in [-0.25, -0.2) is 0 Å². The number of pyridine rings is 1. The minimum Gasteiger partial charge on any atom is -0.313 e. The van der Waals surface area contributed by atoms with E-state index in [0.717, 1.165) is 24.3 Å². The van der Waals surface area contributed by atoms with Gasteiger partial charge in [0.05, 0.1) is 5.69 Å². The van der Waals surface area contributed by atoms with E-state index in [-0.39, 0.29) is 0 Å². The summed E-state index contributed by atoms with van der Waals surface area (Å²) in [6.07, 6.45) is 4.30. The van der Waals surface area contributed by atoms with Gasteiger partial charge in [-0.1, -0.05) is 67.9 Å². The van der Waals surface area contributed by atoms with E-state index < -0.39 is 0 Å². The molecule has 1 aromatic heterocycles. The third kappa shape index (κ3) is 4.30. The quantitative estimate of drug-likeness (QED) is 0.598. The Labute approximate surface area is 144 Å². The van der Waals surface area contributed by atoms with Gasteiger partial charge in [-0.15, -0.1) is 0 Å². The molecule has 3 rings (SSSR count). The molecule has 0 spiro atoms. The van der Waals surface area contributed by atoms with Crippen LogP contribution in [0, 0.1) is 0 Å². The van der Waals surface area contributed by atoms with E-state index in [9.17, 15) is 0 Å². The normalized spacial score (nSPS) is 10.7. The molecule has 2 heteroatoms. The molecule has 2 nitrogen and oxygen atoms in total. The minimum atomic E-state index is 0.943. The first kappa shape index (κ1) is 16.4. The van der Waals surface area contributed by atoms with Gasteiger partial charge in [-0.2, -0.15) is 0 Å². The molecule has 0 amide bonds. The van der Waals surface area contributed by atoms with Gasteiger partial charge in [0, 0.05) is 18.3 Å². The first-order chi connectivity index (χ1) is 11.9. The number of unbranched alkanes of at least 4 members (excludes halogenated alkanes) is 1. The third-order valence-corrected chi connectivity index (χ3v) is 4.17. The van der Waals surface area contributed by atoms with Crippen molar-refractivity contribution in [1.82, 2.24) is 10.3 Å². The molecule has 0 saturated carbocycles. The summed E-state index contributed by atoms with van der Waals surface area (Å²) in [6, 6.07) is 23.4. The highest BCUT2D eigenvalue weighted by Gasteiger charge is 2.01. The van der Waals surface area contributed by atoms with Gasteiger partial charge in [0.2, 0.25) is 0 Å². The second kappa shape index (κ2) is 8.42. The van der Waals surface area contributed by atoms with Gasteiger partial charge in [-0.05, 0) is 41.8 Å². The molecular weight excluding hydrogens is 292 g/mol. The fraction of sp³-hybridized carbons (Fsp3) is 0.227. The minimum absolute atomic E-state index is 0.943. The Morgan fingerprint density at radius 1 is 0.792 bits per heavy atom. The van der Waals surface area contributed by atoms with Crippen molar-refractivity contribution in [3.05, 3.63) is 78.5 Å². The highest BCUT2D eigenvalue weighted by molar-refractivity contribution is 5.68. The number of hydrogen-bond donors (Lipinski definition) is 1. The molecule has 2 aromatic carbocycles. The van der Waals surface area contributed by atoms with Crippen LogP contribution in [0.2, 0.25) is 0 Å². The van der Waals surface area contributed by atoms with Gasteiger partial charge < -0.3 is 5.32 Å². The summed E-state index contributed by atoms with van der Waals surface area (Å²) in [5.74, 6) is 0. The molecule has 0 unspecified atom stereocenters. The summed E-state index contributed by atoms with van der Waals surface area (Å²) in [5.41, 5.74) is 5.98. The summed E-state index contributed by atoms with van der Waals surface area (Å²) in [7, 11) is 0. The predicted octanol–water partition coefficient (Wildman–Crippen LogP) is 5.31. The first-order valence-electron chi connectivity index (χ1n) is 8.68. The maximum Gasteiger partial charge on any atom is 0.0701 e. The molecule has 122 valence electrons. The third-order valence-electron chi connectivity index (χ3n) is 4.17. The molecule has 0 atom stereocenters. The molecule has 0 radical (unpaired) electrons. The van der Waals surface area contributed by atoms with Crippen LogP contribution in [-0.2, 0) is 6.54 Å². The lowest BCUT2D eigenvalue weighted by Crippen LogP contribution is -2.14. The zero-order chi connectivity index (χ0) is 16.6. The molecule has 0 aliphatic rings. The Balaban J connectivity index is 1.66. The van der Waals surface area contributed by atoms with Crippen LogP contribution in [0.15, 0.2) is 72.9 Å². The van der Waals surface area contributed by atoms with Crippen LogP contribution >= 0.6 is 0 Å². The van der Waals surface area contributed by atoms with Crippen molar-refractivity contribution < 1.29 is 0 Å². The monoisotopic (exact) mass is 316 g/mol.